The molecule has 0 saturated carbocycles. The van der Waals surface area contributed by atoms with Gasteiger partial charge >= 0.3 is 0 Å². The van der Waals surface area contributed by atoms with Gasteiger partial charge in [0.2, 0.25) is 0 Å². The monoisotopic (exact) mass is 265 g/mol. The van der Waals surface area contributed by atoms with Gasteiger partial charge in [0.1, 0.15) is 5.82 Å². The fraction of sp³-hybridized carbons (Fsp3) is 0.643. The molecule has 5 heteroatoms. The van der Waals surface area contributed by atoms with Crippen molar-refractivity contribution in [1.29, 1.82) is 0 Å². The Labute approximate surface area is 114 Å². The van der Waals surface area contributed by atoms with Crippen LogP contribution in [0.4, 0.5) is 5.82 Å². The van der Waals surface area contributed by atoms with Gasteiger partial charge in [-0.05, 0) is 13.0 Å². The number of aliphatic hydroxyl groups is 1. The first-order valence-corrected chi connectivity index (χ1v) is 6.74. The average molecular weight is 265 g/mol. The molecule has 0 unspecified atom stereocenters. The SMILES string of the molecule is C[C@H](N)c1cccnc1N(C)CC1(O)CCOCC1. The number of rotatable bonds is 4. The Hall–Kier alpha value is -1.17. The van der Waals surface area contributed by atoms with E-state index in [1.165, 1.54) is 0 Å². The highest BCUT2D eigenvalue weighted by Crippen LogP contribution is 2.26. The number of hydrogen-bond acceptors (Lipinski definition) is 5. The van der Waals surface area contributed by atoms with Gasteiger partial charge in [0.15, 0.2) is 0 Å². The van der Waals surface area contributed by atoms with E-state index >= 15 is 0 Å². The Morgan fingerprint density at radius 3 is 2.84 bits per heavy atom. The van der Waals surface area contributed by atoms with Gasteiger partial charge in [-0.25, -0.2) is 4.98 Å². The van der Waals surface area contributed by atoms with Crippen molar-refractivity contribution >= 4 is 5.82 Å². The number of pyridine rings is 1. The van der Waals surface area contributed by atoms with E-state index in [9.17, 15) is 5.11 Å². The molecule has 0 aliphatic carbocycles. The van der Waals surface area contributed by atoms with Crippen LogP contribution in [0.2, 0.25) is 0 Å². The second-order valence-corrected chi connectivity index (χ2v) is 5.40. The summed E-state index contributed by atoms with van der Waals surface area (Å²) in [6.07, 6.45) is 3.08. The van der Waals surface area contributed by atoms with E-state index in [1.54, 1.807) is 6.20 Å². The van der Waals surface area contributed by atoms with Gasteiger partial charge in [-0.2, -0.15) is 0 Å². The number of nitrogens with two attached hydrogens (primary N) is 1. The zero-order valence-electron chi connectivity index (χ0n) is 11.7. The molecule has 0 bridgehead atoms. The van der Waals surface area contributed by atoms with E-state index in [4.69, 9.17) is 10.5 Å². The number of likely N-dealkylation sites (N-methyl/N-ethyl adjacent to an activating group) is 1. The zero-order chi connectivity index (χ0) is 13.9. The molecule has 1 aromatic rings. The first kappa shape index (κ1) is 14.2. The molecule has 3 N–H and O–H groups in total. The molecular weight excluding hydrogens is 242 g/mol. The lowest BCUT2D eigenvalue weighted by molar-refractivity contribution is -0.0573. The van der Waals surface area contributed by atoms with E-state index < -0.39 is 5.60 Å². The maximum Gasteiger partial charge on any atom is 0.133 e. The molecule has 1 aliphatic rings. The van der Waals surface area contributed by atoms with Crippen molar-refractivity contribution in [2.45, 2.75) is 31.4 Å². The minimum absolute atomic E-state index is 0.0736. The van der Waals surface area contributed by atoms with Crippen LogP contribution in [-0.4, -0.2) is 42.5 Å². The third-order valence-corrected chi connectivity index (χ3v) is 3.62. The van der Waals surface area contributed by atoms with Crippen LogP contribution in [0, 0.1) is 0 Å². The molecule has 1 atom stereocenters. The van der Waals surface area contributed by atoms with Crippen LogP contribution in [0.1, 0.15) is 31.4 Å². The molecular formula is C14H23N3O2. The van der Waals surface area contributed by atoms with Crippen molar-refractivity contribution in [1.82, 2.24) is 4.98 Å². The number of anilines is 1. The van der Waals surface area contributed by atoms with Crippen LogP contribution in [-0.2, 0) is 4.74 Å². The van der Waals surface area contributed by atoms with Crippen LogP contribution in [0.25, 0.3) is 0 Å². The average Bonchev–Trinajstić information content (AvgIpc) is 2.39. The Kier molecular flexibility index (Phi) is 4.39. The molecule has 106 valence electrons. The zero-order valence-corrected chi connectivity index (χ0v) is 11.7. The molecule has 2 rings (SSSR count). The molecule has 1 saturated heterocycles. The molecule has 5 nitrogen and oxygen atoms in total. The standard InChI is InChI=1S/C14H23N3O2/c1-11(15)12-4-3-7-16-13(12)17(2)10-14(18)5-8-19-9-6-14/h3-4,7,11,18H,5-6,8-10,15H2,1-2H3/t11-/m0/s1. The molecule has 1 aromatic heterocycles. The molecule has 2 heterocycles. The Morgan fingerprint density at radius 2 is 2.21 bits per heavy atom. The molecule has 19 heavy (non-hydrogen) atoms. The third kappa shape index (κ3) is 3.43. The summed E-state index contributed by atoms with van der Waals surface area (Å²) < 4.78 is 5.30. The lowest BCUT2D eigenvalue weighted by Crippen LogP contribution is -2.46. The highest BCUT2D eigenvalue weighted by molar-refractivity contribution is 5.47. The van der Waals surface area contributed by atoms with Crippen molar-refractivity contribution in [3.05, 3.63) is 23.9 Å². The first-order valence-electron chi connectivity index (χ1n) is 6.74. The van der Waals surface area contributed by atoms with Crippen LogP contribution in [0.3, 0.4) is 0 Å². The van der Waals surface area contributed by atoms with E-state index in [0.29, 0.717) is 32.6 Å². The largest absolute Gasteiger partial charge is 0.388 e. The first-order chi connectivity index (χ1) is 9.02. The smallest absolute Gasteiger partial charge is 0.133 e. The van der Waals surface area contributed by atoms with Gasteiger partial charge in [0.05, 0.1) is 5.60 Å². The lowest BCUT2D eigenvalue weighted by Gasteiger charge is -2.36. The lowest BCUT2D eigenvalue weighted by atomic mass is 9.93. The number of hydrogen-bond donors (Lipinski definition) is 2. The van der Waals surface area contributed by atoms with Crippen molar-refractivity contribution in [3.63, 3.8) is 0 Å². The van der Waals surface area contributed by atoms with Crippen LogP contribution in [0.15, 0.2) is 18.3 Å². The van der Waals surface area contributed by atoms with Gasteiger partial charge in [0, 0.05) is 57.4 Å². The van der Waals surface area contributed by atoms with Crippen molar-refractivity contribution in [3.8, 4) is 0 Å². The van der Waals surface area contributed by atoms with Gasteiger partial charge in [-0.15, -0.1) is 0 Å². The van der Waals surface area contributed by atoms with Gasteiger partial charge < -0.3 is 20.5 Å². The fourth-order valence-corrected chi connectivity index (χ4v) is 2.51. The highest BCUT2D eigenvalue weighted by Gasteiger charge is 2.32. The van der Waals surface area contributed by atoms with Crippen molar-refractivity contribution < 1.29 is 9.84 Å². The second kappa shape index (κ2) is 5.86. The van der Waals surface area contributed by atoms with E-state index in [0.717, 1.165) is 11.4 Å². The van der Waals surface area contributed by atoms with E-state index in [2.05, 4.69) is 4.98 Å². The van der Waals surface area contributed by atoms with Crippen molar-refractivity contribution in [2.75, 3.05) is 31.7 Å². The second-order valence-electron chi connectivity index (χ2n) is 5.40. The molecule has 0 aromatic carbocycles. The summed E-state index contributed by atoms with van der Waals surface area (Å²) >= 11 is 0. The topological polar surface area (TPSA) is 71.6 Å². The Morgan fingerprint density at radius 1 is 1.53 bits per heavy atom. The maximum absolute atomic E-state index is 10.6. The number of ether oxygens (including phenoxy) is 1. The molecule has 0 spiro atoms. The Bertz CT molecular complexity index is 417. The van der Waals surface area contributed by atoms with Crippen LogP contribution < -0.4 is 10.6 Å². The summed E-state index contributed by atoms with van der Waals surface area (Å²) in [6.45, 7) is 3.73. The van der Waals surface area contributed by atoms with Gasteiger partial charge in [-0.3, -0.25) is 0 Å². The molecule has 1 aliphatic heterocycles. The quantitative estimate of drug-likeness (QED) is 0.852. The van der Waals surface area contributed by atoms with E-state index in [1.807, 2.05) is 31.0 Å². The summed E-state index contributed by atoms with van der Waals surface area (Å²) in [7, 11) is 1.95. The number of nitrogens with zero attached hydrogens (tertiary/aromatic N) is 2. The molecule has 0 amide bonds. The van der Waals surface area contributed by atoms with Gasteiger partial charge in [0.25, 0.3) is 0 Å². The predicted molar refractivity (Wildman–Crippen MR) is 75.1 cm³/mol. The summed E-state index contributed by atoms with van der Waals surface area (Å²) in [5, 5.41) is 10.6. The summed E-state index contributed by atoms with van der Waals surface area (Å²) in [6, 6.07) is 3.80. The van der Waals surface area contributed by atoms with Crippen molar-refractivity contribution in [2.24, 2.45) is 5.73 Å². The maximum atomic E-state index is 10.6. The summed E-state index contributed by atoms with van der Waals surface area (Å²) in [5.74, 6) is 0.845. The molecule has 0 radical (unpaired) electrons. The minimum atomic E-state index is -0.695. The molecule has 1 fully saturated rings. The number of aromatic nitrogens is 1. The minimum Gasteiger partial charge on any atom is -0.388 e. The summed E-state index contributed by atoms with van der Waals surface area (Å²) in [4.78, 5) is 6.39. The Balaban J connectivity index is 2.13. The summed E-state index contributed by atoms with van der Waals surface area (Å²) in [5.41, 5.74) is 6.28. The normalized spacial score (nSPS) is 20.0. The predicted octanol–water partition coefficient (Wildman–Crippen LogP) is 1.08. The van der Waals surface area contributed by atoms with Crippen LogP contribution in [0.5, 0.6) is 0 Å². The highest BCUT2D eigenvalue weighted by atomic mass is 16.5. The van der Waals surface area contributed by atoms with E-state index in [-0.39, 0.29) is 6.04 Å². The van der Waals surface area contributed by atoms with Gasteiger partial charge in [-0.1, -0.05) is 6.07 Å². The van der Waals surface area contributed by atoms with Crippen LogP contribution >= 0.6 is 0 Å². The fourth-order valence-electron chi connectivity index (χ4n) is 2.51. The third-order valence-electron chi connectivity index (χ3n) is 3.62.